The minimum absolute atomic E-state index is 0.000556. The Balaban J connectivity index is 3.12. The van der Waals surface area contributed by atoms with Crippen LogP contribution in [0.2, 0.25) is 0 Å². The van der Waals surface area contributed by atoms with Crippen LogP contribution in [-0.2, 0) is 0 Å². The van der Waals surface area contributed by atoms with Crippen LogP contribution in [0.5, 0.6) is 0 Å². The Morgan fingerprint density at radius 3 is 2.67 bits per heavy atom. The standard InChI is InChI=1S/C9H8FNO/c1-6(12)7-2-3-8(5-11)9(10)4-7/h2-4,6,12H,1H3. The van der Waals surface area contributed by atoms with E-state index in [2.05, 4.69) is 0 Å². The molecule has 0 aliphatic rings. The maximum Gasteiger partial charge on any atom is 0.141 e. The van der Waals surface area contributed by atoms with Gasteiger partial charge in [-0.15, -0.1) is 0 Å². The van der Waals surface area contributed by atoms with Gasteiger partial charge in [-0.25, -0.2) is 4.39 Å². The molecule has 0 amide bonds. The van der Waals surface area contributed by atoms with E-state index in [-0.39, 0.29) is 5.56 Å². The molecule has 0 saturated heterocycles. The van der Waals surface area contributed by atoms with Gasteiger partial charge in [0, 0.05) is 0 Å². The SMILES string of the molecule is CC(O)c1ccc(C#N)c(F)c1. The minimum atomic E-state index is -0.702. The first kappa shape index (κ1) is 8.69. The summed E-state index contributed by atoms with van der Waals surface area (Å²) in [6, 6.07) is 5.77. The molecular weight excluding hydrogens is 157 g/mol. The van der Waals surface area contributed by atoms with Crippen molar-refractivity contribution in [1.29, 1.82) is 5.26 Å². The van der Waals surface area contributed by atoms with E-state index in [0.29, 0.717) is 5.56 Å². The molecule has 3 heteroatoms. The Hall–Kier alpha value is -1.40. The first-order valence-electron chi connectivity index (χ1n) is 3.52. The lowest BCUT2D eigenvalue weighted by Crippen LogP contribution is -1.93. The molecule has 1 aromatic carbocycles. The van der Waals surface area contributed by atoms with Crippen LogP contribution in [0.4, 0.5) is 4.39 Å². The topological polar surface area (TPSA) is 44.0 Å². The summed E-state index contributed by atoms with van der Waals surface area (Å²) in [6.45, 7) is 1.54. The Bertz CT molecular complexity index is 328. The van der Waals surface area contributed by atoms with Crippen LogP contribution in [0.3, 0.4) is 0 Å². The molecule has 0 spiro atoms. The van der Waals surface area contributed by atoms with E-state index in [1.54, 1.807) is 13.0 Å². The smallest absolute Gasteiger partial charge is 0.141 e. The normalized spacial score (nSPS) is 12.2. The van der Waals surface area contributed by atoms with Crippen LogP contribution in [0.15, 0.2) is 18.2 Å². The van der Waals surface area contributed by atoms with Crippen molar-refractivity contribution in [3.05, 3.63) is 35.1 Å². The molecule has 1 aromatic rings. The highest BCUT2D eigenvalue weighted by Gasteiger charge is 2.05. The highest BCUT2D eigenvalue weighted by Crippen LogP contribution is 2.15. The number of halogens is 1. The van der Waals surface area contributed by atoms with Gasteiger partial charge in [0.2, 0.25) is 0 Å². The molecule has 0 fully saturated rings. The quantitative estimate of drug-likeness (QED) is 0.688. The van der Waals surface area contributed by atoms with E-state index < -0.39 is 11.9 Å². The van der Waals surface area contributed by atoms with E-state index in [0.717, 1.165) is 0 Å². The monoisotopic (exact) mass is 165 g/mol. The van der Waals surface area contributed by atoms with Gasteiger partial charge in [0.1, 0.15) is 11.9 Å². The maximum atomic E-state index is 12.9. The van der Waals surface area contributed by atoms with Gasteiger partial charge in [-0.3, -0.25) is 0 Å². The summed E-state index contributed by atoms with van der Waals surface area (Å²) in [6.07, 6.45) is -0.702. The largest absolute Gasteiger partial charge is 0.389 e. The number of aliphatic hydroxyl groups excluding tert-OH is 1. The number of rotatable bonds is 1. The summed E-state index contributed by atoms with van der Waals surface area (Å²) in [5.41, 5.74) is 0.478. The third-order valence-electron chi connectivity index (χ3n) is 1.60. The van der Waals surface area contributed by atoms with E-state index in [1.807, 2.05) is 0 Å². The molecule has 62 valence electrons. The number of hydrogen-bond acceptors (Lipinski definition) is 2. The lowest BCUT2D eigenvalue weighted by molar-refractivity contribution is 0.199. The molecule has 1 rings (SSSR count). The van der Waals surface area contributed by atoms with Gasteiger partial charge in [-0.05, 0) is 24.6 Å². The van der Waals surface area contributed by atoms with Crippen molar-refractivity contribution < 1.29 is 9.50 Å². The predicted molar refractivity (Wildman–Crippen MR) is 41.7 cm³/mol. The number of benzene rings is 1. The average molecular weight is 165 g/mol. The predicted octanol–water partition coefficient (Wildman–Crippen LogP) is 1.75. The van der Waals surface area contributed by atoms with Crippen molar-refractivity contribution >= 4 is 0 Å². The van der Waals surface area contributed by atoms with Crippen LogP contribution in [0, 0.1) is 17.1 Å². The van der Waals surface area contributed by atoms with Crippen LogP contribution < -0.4 is 0 Å². The van der Waals surface area contributed by atoms with Crippen molar-refractivity contribution in [3.63, 3.8) is 0 Å². The van der Waals surface area contributed by atoms with E-state index in [4.69, 9.17) is 10.4 Å². The zero-order valence-electron chi connectivity index (χ0n) is 6.58. The Kier molecular flexibility index (Phi) is 2.41. The second-order valence-electron chi connectivity index (χ2n) is 2.53. The Morgan fingerprint density at radius 2 is 2.25 bits per heavy atom. The minimum Gasteiger partial charge on any atom is -0.389 e. The second kappa shape index (κ2) is 3.33. The van der Waals surface area contributed by atoms with Crippen LogP contribution in [0.25, 0.3) is 0 Å². The summed E-state index contributed by atoms with van der Waals surface area (Å²) in [5, 5.41) is 17.5. The third-order valence-corrected chi connectivity index (χ3v) is 1.60. The first-order valence-corrected chi connectivity index (χ1v) is 3.52. The summed E-state index contributed by atoms with van der Waals surface area (Å²) in [5.74, 6) is -0.587. The summed E-state index contributed by atoms with van der Waals surface area (Å²) >= 11 is 0. The highest BCUT2D eigenvalue weighted by molar-refractivity contribution is 5.33. The van der Waals surface area contributed by atoms with Crippen LogP contribution in [-0.4, -0.2) is 5.11 Å². The number of aliphatic hydroxyl groups is 1. The Labute approximate surface area is 69.9 Å². The molecular formula is C9H8FNO. The van der Waals surface area contributed by atoms with E-state index in [9.17, 15) is 4.39 Å². The highest BCUT2D eigenvalue weighted by atomic mass is 19.1. The molecule has 0 aromatic heterocycles. The zero-order valence-corrected chi connectivity index (χ0v) is 6.58. The van der Waals surface area contributed by atoms with Gasteiger partial charge >= 0.3 is 0 Å². The average Bonchev–Trinajstić information content (AvgIpc) is 2.04. The van der Waals surface area contributed by atoms with Crippen molar-refractivity contribution in [2.24, 2.45) is 0 Å². The second-order valence-corrected chi connectivity index (χ2v) is 2.53. The maximum absolute atomic E-state index is 12.9. The lowest BCUT2D eigenvalue weighted by atomic mass is 10.1. The van der Waals surface area contributed by atoms with E-state index in [1.165, 1.54) is 18.2 Å². The van der Waals surface area contributed by atoms with Crippen LogP contribution in [0.1, 0.15) is 24.2 Å². The molecule has 0 saturated carbocycles. The van der Waals surface area contributed by atoms with E-state index >= 15 is 0 Å². The Morgan fingerprint density at radius 1 is 1.58 bits per heavy atom. The van der Waals surface area contributed by atoms with Gasteiger partial charge in [-0.2, -0.15) is 5.26 Å². The lowest BCUT2D eigenvalue weighted by Gasteiger charge is -2.03. The third kappa shape index (κ3) is 1.60. The molecule has 1 N–H and O–H groups in total. The molecule has 0 aliphatic carbocycles. The molecule has 0 aliphatic heterocycles. The summed E-state index contributed by atoms with van der Waals surface area (Å²) in [7, 11) is 0. The fourth-order valence-electron chi connectivity index (χ4n) is 0.882. The summed E-state index contributed by atoms with van der Waals surface area (Å²) in [4.78, 5) is 0. The van der Waals surface area contributed by atoms with Gasteiger partial charge < -0.3 is 5.11 Å². The van der Waals surface area contributed by atoms with Gasteiger partial charge in [0.15, 0.2) is 0 Å². The van der Waals surface area contributed by atoms with Crippen LogP contribution >= 0.6 is 0 Å². The van der Waals surface area contributed by atoms with Gasteiger partial charge in [-0.1, -0.05) is 6.07 Å². The molecule has 0 heterocycles. The fourth-order valence-corrected chi connectivity index (χ4v) is 0.882. The summed E-state index contributed by atoms with van der Waals surface area (Å²) < 4.78 is 12.9. The zero-order chi connectivity index (χ0) is 9.14. The molecule has 2 nitrogen and oxygen atoms in total. The molecule has 1 unspecified atom stereocenters. The van der Waals surface area contributed by atoms with Crippen molar-refractivity contribution in [2.45, 2.75) is 13.0 Å². The van der Waals surface area contributed by atoms with Crippen molar-refractivity contribution in [1.82, 2.24) is 0 Å². The fraction of sp³-hybridized carbons (Fsp3) is 0.222. The number of hydrogen-bond donors (Lipinski definition) is 1. The van der Waals surface area contributed by atoms with Crippen molar-refractivity contribution in [2.75, 3.05) is 0 Å². The van der Waals surface area contributed by atoms with Gasteiger partial charge in [0.25, 0.3) is 0 Å². The number of nitriles is 1. The first-order chi connectivity index (χ1) is 5.65. The number of nitrogens with zero attached hydrogens (tertiary/aromatic N) is 1. The molecule has 0 bridgehead atoms. The molecule has 0 radical (unpaired) electrons. The van der Waals surface area contributed by atoms with Gasteiger partial charge in [0.05, 0.1) is 11.7 Å². The van der Waals surface area contributed by atoms with Crippen molar-refractivity contribution in [3.8, 4) is 6.07 Å². The molecule has 12 heavy (non-hydrogen) atoms. The molecule has 1 atom stereocenters.